The fourth-order valence-corrected chi connectivity index (χ4v) is 2.15. The van der Waals surface area contributed by atoms with Crippen LogP contribution in [0.3, 0.4) is 0 Å². The second-order valence-electron chi connectivity index (χ2n) is 5.06. The molecular weight excluding hydrogens is 280 g/mol. The van der Waals surface area contributed by atoms with Crippen LogP contribution in [0.1, 0.15) is 25.5 Å². The smallest absolute Gasteiger partial charge is 0.221 e. The third-order valence-electron chi connectivity index (χ3n) is 3.29. The summed E-state index contributed by atoms with van der Waals surface area (Å²) in [4.78, 5) is 11.0. The first-order valence-corrected chi connectivity index (χ1v) is 7.00. The van der Waals surface area contributed by atoms with E-state index in [9.17, 15) is 9.90 Å². The van der Waals surface area contributed by atoms with E-state index >= 15 is 0 Å². The van der Waals surface area contributed by atoms with E-state index in [-0.39, 0.29) is 17.7 Å². The van der Waals surface area contributed by atoms with Crippen molar-refractivity contribution >= 4 is 17.3 Å². The number of nitrogens with one attached hydrogen (secondary N) is 2. The zero-order valence-corrected chi connectivity index (χ0v) is 12.9. The second-order valence-corrected chi connectivity index (χ2v) is 5.06. The number of hydrogen-bond donors (Lipinski definition) is 3. The van der Waals surface area contributed by atoms with E-state index in [4.69, 9.17) is 4.74 Å². The summed E-state index contributed by atoms with van der Waals surface area (Å²) in [7, 11) is 1.53. The molecule has 0 bridgehead atoms. The van der Waals surface area contributed by atoms with Gasteiger partial charge in [0, 0.05) is 24.3 Å². The van der Waals surface area contributed by atoms with Gasteiger partial charge in [0.25, 0.3) is 0 Å². The first kappa shape index (κ1) is 15.7. The lowest BCUT2D eigenvalue weighted by molar-refractivity contribution is -0.114. The molecule has 2 aromatic carbocycles. The van der Waals surface area contributed by atoms with Crippen LogP contribution in [0, 0.1) is 0 Å². The molecule has 0 heterocycles. The third kappa shape index (κ3) is 3.91. The summed E-state index contributed by atoms with van der Waals surface area (Å²) in [5.41, 5.74) is 2.70. The maximum Gasteiger partial charge on any atom is 0.221 e. The predicted octanol–water partition coefficient (Wildman–Crippen LogP) is 3.53. The number of anilines is 2. The topological polar surface area (TPSA) is 70.6 Å². The molecule has 0 spiro atoms. The monoisotopic (exact) mass is 300 g/mol. The molecule has 1 atom stereocenters. The van der Waals surface area contributed by atoms with E-state index in [0.717, 1.165) is 16.9 Å². The Kier molecular flexibility index (Phi) is 4.88. The molecule has 0 saturated carbocycles. The molecule has 5 nitrogen and oxygen atoms in total. The first-order chi connectivity index (χ1) is 10.5. The van der Waals surface area contributed by atoms with Crippen molar-refractivity contribution in [1.29, 1.82) is 0 Å². The molecule has 2 aromatic rings. The molecule has 0 aliphatic rings. The number of phenols is 1. The summed E-state index contributed by atoms with van der Waals surface area (Å²) in [6.45, 7) is 3.50. The summed E-state index contributed by atoms with van der Waals surface area (Å²) in [6.07, 6.45) is 0. The van der Waals surface area contributed by atoms with Gasteiger partial charge in [0.1, 0.15) is 0 Å². The minimum atomic E-state index is -0.0923. The number of ether oxygens (including phenoxy) is 1. The lowest BCUT2D eigenvalue weighted by Crippen LogP contribution is -2.08. The highest BCUT2D eigenvalue weighted by atomic mass is 16.5. The number of amides is 1. The summed E-state index contributed by atoms with van der Waals surface area (Å²) in [5.74, 6) is 0.482. The highest BCUT2D eigenvalue weighted by Gasteiger charge is 2.09. The largest absolute Gasteiger partial charge is 0.504 e. The number of rotatable bonds is 5. The van der Waals surface area contributed by atoms with Crippen LogP contribution in [-0.2, 0) is 4.79 Å². The van der Waals surface area contributed by atoms with E-state index in [1.807, 2.05) is 37.3 Å². The van der Waals surface area contributed by atoms with Gasteiger partial charge in [0.05, 0.1) is 7.11 Å². The fraction of sp³-hybridized carbons (Fsp3) is 0.235. The summed E-state index contributed by atoms with van der Waals surface area (Å²) in [5, 5.41) is 15.7. The van der Waals surface area contributed by atoms with Crippen LogP contribution in [0.2, 0.25) is 0 Å². The molecule has 3 N–H and O–H groups in total. The zero-order chi connectivity index (χ0) is 16.1. The van der Waals surface area contributed by atoms with Crippen LogP contribution in [-0.4, -0.2) is 18.1 Å². The Balaban J connectivity index is 2.08. The van der Waals surface area contributed by atoms with E-state index in [2.05, 4.69) is 10.6 Å². The van der Waals surface area contributed by atoms with Crippen LogP contribution in [0.25, 0.3) is 0 Å². The SMILES string of the molecule is COc1cc(C(C)Nc2ccc(NC(C)=O)cc2)ccc1O. The molecule has 0 fully saturated rings. The minimum Gasteiger partial charge on any atom is -0.504 e. The highest BCUT2D eigenvalue weighted by Crippen LogP contribution is 2.30. The Hall–Kier alpha value is -2.69. The predicted molar refractivity (Wildman–Crippen MR) is 87.4 cm³/mol. The van der Waals surface area contributed by atoms with E-state index in [0.29, 0.717) is 5.75 Å². The molecule has 116 valence electrons. The average molecular weight is 300 g/mol. The number of benzene rings is 2. The molecule has 0 aliphatic carbocycles. The molecule has 22 heavy (non-hydrogen) atoms. The number of hydrogen-bond acceptors (Lipinski definition) is 4. The molecule has 5 heteroatoms. The number of carbonyl (C=O) groups excluding carboxylic acids is 1. The fourth-order valence-electron chi connectivity index (χ4n) is 2.15. The molecule has 0 saturated heterocycles. The number of phenolic OH excluding ortho intramolecular Hbond substituents is 1. The van der Waals surface area contributed by atoms with Crippen LogP contribution in [0.5, 0.6) is 11.5 Å². The van der Waals surface area contributed by atoms with Gasteiger partial charge in [0.2, 0.25) is 5.91 Å². The standard InChI is InChI=1S/C17H20N2O3/c1-11(13-4-9-16(21)17(10-13)22-3)18-14-5-7-15(8-6-14)19-12(2)20/h4-11,18,21H,1-3H3,(H,19,20). The van der Waals surface area contributed by atoms with Crippen LogP contribution < -0.4 is 15.4 Å². The minimum absolute atomic E-state index is 0.0427. The molecule has 0 aliphatic heterocycles. The first-order valence-electron chi connectivity index (χ1n) is 7.00. The van der Waals surface area contributed by atoms with Crippen molar-refractivity contribution in [3.05, 3.63) is 48.0 Å². The van der Waals surface area contributed by atoms with Crippen molar-refractivity contribution in [1.82, 2.24) is 0 Å². The lowest BCUT2D eigenvalue weighted by atomic mass is 10.1. The number of aromatic hydroxyl groups is 1. The zero-order valence-electron chi connectivity index (χ0n) is 12.9. The molecular formula is C17H20N2O3. The van der Waals surface area contributed by atoms with Gasteiger partial charge in [-0.25, -0.2) is 0 Å². The summed E-state index contributed by atoms with van der Waals surface area (Å²) < 4.78 is 5.12. The van der Waals surface area contributed by atoms with Gasteiger partial charge < -0.3 is 20.5 Å². The van der Waals surface area contributed by atoms with Gasteiger partial charge in [-0.15, -0.1) is 0 Å². The van der Waals surface area contributed by atoms with Crippen molar-refractivity contribution in [2.75, 3.05) is 17.7 Å². The van der Waals surface area contributed by atoms with Crippen molar-refractivity contribution in [2.45, 2.75) is 19.9 Å². The average Bonchev–Trinajstić information content (AvgIpc) is 2.49. The van der Waals surface area contributed by atoms with Crippen LogP contribution >= 0.6 is 0 Å². The van der Waals surface area contributed by atoms with Crippen LogP contribution in [0.15, 0.2) is 42.5 Å². The second kappa shape index (κ2) is 6.85. The Bertz CT molecular complexity index is 653. The van der Waals surface area contributed by atoms with E-state index < -0.39 is 0 Å². The molecule has 2 rings (SSSR count). The number of methoxy groups -OCH3 is 1. The van der Waals surface area contributed by atoms with Crippen molar-refractivity contribution < 1.29 is 14.6 Å². The Morgan fingerprint density at radius 2 is 1.77 bits per heavy atom. The van der Waals surface area contributed by atoms with Crippen molar-refractivity contribution in [3.63, 3.8) is 0 Å². The Morgan fingerprint density at radius 1 is 1.14 bits per heavy atom. The van der Waals surface area contributed by atoms with Gasteiger partial charge in [-0.05, 0) is 48.9 Å². The quantitative estimate of drug-likeness (QED) is 0.790. The van der Waals surface area contributed by atoms with Crippen LogP contribution in [0.4, 0.5) is 11.4 Å². The van der Waals surface area contributed by atoms with E-state index in [1.54, 1.807) is 12.1 Å². The molecule has 1 amide bonds. The molecule has 0 aromatic heterocycles. The maximum atomic E-state index is 11.0. The van der Waals surface area contributed by atoms with E-state index in [1.165, 1.54) is 14.0 Å². The van der Waals surface area contributed by atoms with Gasteiger partial charge in [-0.1, -0.05) is 6.07 Å². The normalized spacial score (nSPS) is 11.6. The van der Waals surface area contributed by atoms with Gasteiger partial charge >= 0.3 is 0 Å². The molecule has 0 radical (unpaired) electrons. The lowest BCUT2D eigenvalue weighted by Gasteiger charge is -2.17. The Morgan fingerprint density at radius 3 is 2.36 bits per heavy atom. The van der Waals surface area contributed by atoms with Gasteiger partial charge in [-0.3, -0.25) is 4.79 Å². The van der Waals surface area contributed by atoms with Gasteiger partial charge in [0.15, 0.2) is 11.5 Å². The maximum absolute atomic E-state index is 11.0. The summed E-state index contributed by atoms with van der Waals surface area (Å²) >= 11 is 0. The number of carbonyl (C=O) groups is 1. The summed E-state index contributed by atoms with van der Waals surface area (Å²) in [6, 6.07) is 12.8. The van der Waals surface area contributed by atoms with Crippen molar-refractivity contribution in [3.8, 4) is 11.5 Å². The molecule has 1 unspecified atom stereocenters. The Labute approximate surface area is 129 Å². The van der Waals surface area contributed by atoms with Crippen molar-refractivity contribution in [2.24, 2.45) is 0 Å². The third-order valence-corrected chi connectivity index (χ3v) is 3.29. The highest BCUT2D eigenvalue weighted by molar-refractivity contribution is 5.88. The van der Waals surface area contributed by atoms with Gasteiger partial charge in [-0.2, -0.15) is 0 Å².